The fourth-order valence-corrected chi connectivity index (χ4v) is 3.00. The lowest BCUT2D eigenvalue weighted by atomic mass is 10.1. The monoisotopic (exact) mass is 442 g/mol. The number of hydrogen-bond acceptors (Lipinski definition) is 7. The van der Waals surface area contributed by atoms with Crippen molar-refractivity contribution in [1.82, 2.24) is 10.6 Å². The molecular formula is C22H22N2O6S. The second-order valence-corrected chi connectivity index (χ2v) is 6.69. The molecular weight excluding hydrogens is 420 g/mol. The van der Waals surface area contributed by atoms with Crippen molar-refractivity contribution < 1.29 is 28.5 Å². The van der Waals surface area contributed by atoms with Crippen LogP contribution in [0.4, 0.5) is 0 Å². The number of carbonyl (C=O) groups is 2. The predicted molar refractivity (Wildman–Crippen MR) is 118 cm³/mol. The number of para-hydroxylation sites is 2. The van der Waals surface area contributed by atoms with Crippen LogP contribution in [-0.2, 0) is 9.59 Å². The van der Waals surface area contributed by atoms with Gasteiger partial charge in [0, 0.05) is 0 Å². The molecule has 0 aromatic heterocycles. The molecule has 2 aromatic rings. The molecule has 0 saturated carbocycles. The number of amides is 2. The lowest BCUT2D eigenvalue weighted by Gasteiger charge is -2.17. The lowest BCUT2D eigenvalue weighted by molar-refractivity contribution is -0.123. The van der Waals surface area contributed by atoms with Crippen LogP contribution in [0.5, 0.6) is 23.0 Å². The lowest BCUT2D eigenvalue weighted by Crippen LogP contribution is -2.51. The molecule has 0 spiro atoms. The van der Waals surface area contributed by atoms with Crippen LogP contribution in [0.3, 0.4) is 0 Å². The van der Waals surface area contributed by atoms with Gasteiger partial charge in [-0.05, 0) is 55.0 Å². The Morgan fingerprint density at radius 3 is 2.10 bits per heavy atom. The smallest absolute Gasteiger partial charge is 0.263 e. The number of rotatable bonds is 9. The average Bonchev–Trinajstić information content (AvgIpc) is 2.75. The molecule has 1 fully saturated rings. The molecule has 0 atom stereocenters. The molecule has 0 aliphatic carbocycles. The van der Waals surface area contributed by atoms with Crippen LogP contribution in [0, 0.1) is 0 Å². The van der Waals surface area contributed by atoms with Gasteiger partial charge in [-0.15, -0.1) is 0 Å². The zero-order chi connectivity index (χ0) is 22.2. The van der Waals surface area contributed by atoms with Crippen LogP contribution in [0.1, 0.15) is 12.5 Å². The number of nitrogens with one attached hydrogen (secondary N) is 2. The standard InChI is InChI=1S/C22H22N2O6S/c1-3-28-19-13-14(12-15-20(25)23-22(31)24-21(15)26)8-9-18(19)30-11-10-29-17-7-5-4-6-16(17)27-2/h4-9,12-13H,3,10-11H2,1-2H3,(H2,23,24,25,26,31). The van der Waals surface area contributed by atoms with Crippen LogP contribution < -0.4 is 29.6 Å². The summed E-state index contributed by atoms with van der Waals surface area (Å²) in [5.74, 6) is 1.17. The van der Waals surface area contributed by atoms with Crippen LogP contribution >= 0.6 is 12.2 Å². The maximum absolute atomic E-state index is 12.0. The molecule has 0 bridgehead atoms. The normalized spacial score (nSPS) is 13.2. The van der Waals surface area contributed by atoms with E-state index in [-0.39, 0.29) is 17.3 Å². The summed E-state index contributed by atoms with van der Waals surface area (Å²) < 4.78 is 22.4. The minimum atomic E-state index is -0.555. The summed E-state index contributed by atoms with van der Waals surface area (Å²) in [7, 11) is 1.58. The van der Waals surface area contributed by atoms with E-state index in [1.165, 1.54) is 6.08 Å². The molecule has 1 heterocycles. The van der Waals surface area contributed by atoms with Gasteiger partial charge in [-0.1, -0.05) is 18.2 Å². The molecule has 1 aliphatic rings. The van der Waals surface area contributed by atoms with E-state index in [2.05, 4.69) is 10.6 Å². The quantitative estimate of drug-likeness (QED) is 0.267. The third-order valence-corrected chi connectivity index (χ3v) is 4.39. The Bertz CT molecular complexity index is 999. The molecule has 31 heavy (non-hydrogen) atoms. The van der Waals surface area contributed by atoms with Gasteiger partial charge in [0.15, 0.2) is 28.1 Å². The van der Waals surface area contributed by atoms with Gasteiger partial charge >= 0.3 is 0 Å². The first kappa shape index (κ1) is 22.1. The third-order valence-electron chi connectivity index (χ3n) is 4.19. The molecule has 8 nitrogen and oxygen atoms in total. The zero-order valence-corrected chi connectivity index (χ0v) is 17.9. The summed E-state index contributed by atoms with van der Waals surface area (Å²) in [5.41, 5.74) is 0.559. The molecule has 162 valence electrons. The minimum absolute atomic E-state index is 0.0127. The van der Waals surface area contributed by atoms with Crippen LogP contribution in [-0.4, -0.2) is 43.9 Å². The first-order chi connectivity index (χ1) is 15.0. The van der Waals surface area contributed by atoms with E-state index in [4.69, 9.17) is 31.2 Å². The Hall–Kier alpha value is -3.59. The Morgan fingerprint density at radius 2 is 1.48 bits per heavy atom. The molecule has 2 aromatic carbocycles. The molecule has 9 heteroatoms. The van der Waals surface area contributed by atoms with E-state index >= 15 is 0 Å². The second-order valence-electron chi connectivity index (χ2n) is 6.28. The summed E-state index contributed by atoms with van der Waals surface area (Å²) in [5, 5.41) is 4.79. The Labute approximate surface area is 185 Å². The van der Waals surface area contributed by atoms with Crippen LogP contribution in [0.25, 0.3) is 6.08 Å². The summed E-state index contributed by atoms with van der Waals surface area (Å²) in [4.78, 5) is 24.1. The summed E-state index contributed by atoms with van der Waals surface area (Å²) in [6.45, 7) is 2.85. The van der Waals surface area contributed by atoms with Crippen molar-refractivity contribution in [3.63, 3.8) is 0 Å². The highest BCUT2D eigenvalue weighted by Gasteiger charge is 2.25. The number of thiocarbonyl (C=S) groups is 1. The first-order valence-corrected chi connectivity index (χ1v) is 9.96. The summed E-state index contributed by atoms with van der Waals surface area (Å²) in [6.07, 6.45) is 1.46. The number of carbonyl (C=O) groups excluding carboxylic acids is 2. The fraction of sp³-hybridized carbons (Fsp3) is 0.227. The van der Waals surface area contributed by atoms with E-state index in [1.807, 2.05) is 31.2 Å². The van der Waals surface area contributed by atoms with Crippen molar-refractivity contribution in [2.24, 2.45) is 0 Å². The molecule has 0 unspecified atom stereocenters. The highest BCUT2D eigenvalue weighted by molar-refractivity contribution is 7.80. The fourth-order valence-electron chi connectivity index (χ4n) is 2.82. The SMILES string of the molecule is CCOc1cc(C=C2C(=O)NC(=S)NC2=O)ccc1OCCOc1ccccc1OC. The minimum Gasteiger partial charge on any atom is -0.493 e. The van der Waals surface area contributed by atoms with Gasteiger partial charge < -0.3 is 18.9 Å². The number of benzene rings is 2. The van der Waals surface area contributed by atoms with Crippen molar-refractivity contribution in [3.05, 3.63) is 53.6 Å². The molecule has 1 aliphatic heterocycles. The van der Waals surface area contributed by atoms with Crippen molar-refractivity contribution in [2.45, 2.75) is 6.92 Å². The summed E-state index contributed by atoms with van der Waals surface area (Å²) in [6, 6.07) is 12.5. The van der Waals surface area contributed by atoms with Gasteiger partial charge in [0.2, 0.25) is 0 Å². The molecule has 1 saturated heterocycles. The van der Waals surface area contributed by atoms with Gasteiger partial charge in [0.1, 0.15) is 18.8 Å². The predicted octanol–water partition coefficient (Wildman–Crippen LogP) is 2.47. The molecule has 2 N–H and O–H groups in total. The average molecular weight is 442 g/mol. The van der Waals surface area contributed by atoms with Gasteiger partial charge in [-0.25, -0.2) is 0 Å². The Kier molecular flexibility index (Phi) is 7.45. The Morgan fingerprint density at radius 1 is 0.871 bits per heavy atom. The topological polar surface area (TPSA) is 95.1 Å². The Balaban J connectivity index is 1.67. The van der Waals surface area contributed by atoms with E-state index in [9.17, 15) is 9.59 Å². The number of methoxy groups -OCH3 is 1. The highest BCUT2D eigenvalue weighted by atomic mass is 32.1. The third kappa shape index (κ3) is 5.73. The van der Waals surface area contributed by atoms with Crippen LogP contribution in [0.15, 0.2) is 48.0 Å². The number of hydrogen-bond donors (Lipinski definition) is 2. The van der Waals surface area contributed by atoms with E-state index in [0.717, 1.165) is 0 Å². The van der Waals surface area contributed by atoms with Gasteiger partial charge in [-0.2, -0.15) is 0 Å². The van der Waals surface area contributed by atoms with Crippen molar-refractivity contribution >= 4 is 35.2 Å². The van der Waals surface area contributed by atoms with Gasteiger partial charge in [0.05, 0.1) is 13.7 Å². The van der Waals surface area contributed by atoms with E-state index < -0.39 is 11.8 Å². The maximum atomic E-state index is 12.0. The maximum Gasteiger partial charge on any atom is 0.263 e. The largest absolute Gasteiger partial charge is 0.493 e. The van der Waals surface area contributed by atoms with E-state index in [1.54, 1.807) is 25.3 Å². The molecule has 2 amide bonds. The van der Waals surface area contributed by atoms with E-state index in [0.29, 0.717) is 41.8 Å². The molecule has 0 radical (unpaired) electrons. The van der Waals surface area contributed by atoms with Crippen molar-refractivity contribution in [3.8, 4) is 23.0 Å². The number of ether oxygens (including phenoxy) is 4. The highest BCUT2D eigenvalue weighted by Crippen LogP contribution is 2.30. The first-order valence-electron chi connectivity index (χ1n) is 9.55. The zero-order valence-electron chi connectivity index (χ0n) is 17.1. The second kappa shape index (κ2) is 10.4. The van der Waals surface area contributed by atoms with Gasteiger partial charge in [-0.3, -0.25) is 20.2 Å². The molecule has 3 rings (SSSR count). The summed E-state index contributed by atoms with van der Waals surface area (Å²) >= 11 is 4.80. The van der Waals surface area contributed by atoms with Gasteiger partial charge in [0.25, 0.3) is 11.8 Å². The van der Waals surface area contributed by atoms with Crippen molar-refractivity contribution in [2.75, 3.05) is 26.9 Å². The van der Waals surface area contributed by atoms with Crippen molar-refractivity contribution in [1.29, 1.82) is 0 Å². The van der Waals surface area contributed by atoms with Crippen LogP contribution in [0.2, 0.25) is 0 Å².